The van der Waals surface area contributed by atoms with E-state index in [1.807, 2.05) is 25.1 Å². The highest BCUT2D eigenvalue weighted by molar-refractivity contribution is 5.30. The van der Waals surface area contributed by atoms with Gasteiger partial charge in [-0.05, 0) is 37.0 Å². The third kappa shape index (κ3) is 4.36. The summed E-state index contributed by atoms with van der Waals surface area (Å²) in [5.74, 6) is 1.28. The Morgan fingerprint density at radius 3 is 2.76 bits per heavy atom. The first kappa shape index (κ1) is 14.0. The Labute approximate surface area is 104 Å². The summed E-state index contributed by atoms with van der Waals surface area (Å²) in [4.78, 5) is 0. The lowest BCUT2D eigenvalue weighted by atomic mass is 9.93. The number of methoxy groups -OCH3 is 1. The number of hydrogen-bond donors (Lipinski definition) is 1. The van der Waals surface area contributed by atoms with Crippen molar-refractivity contribution < 1.29 is 9.47 Å². The van der Waals surface area contributed by atoms with Gasteiger partial charge in [0.1, 0.15) is 5.75 Å². The van der Waals surface area contributed by atoms with E-state index in [-0.39, 0.29) is 6.04 Å². The molecule has 17 heavy (non-hydrogen) atoms. The molecule has 0 spiro atoms. The highest BCUT2D eigenvalue weighted by Gasteiger charge is 2.15. The number of nitrogens with two attached hydrogens (primary N) is 1. The average molecular weight is 237 g/mol. The number of hydrogen-bond acceptors (Lipinski definition) is 3. The van der Waals surface area contributed by atoms with Crippen LogP contribution in [0.1, 0.15) is 31.9 Å². The van der Waals surface area contributed by atoms with E-state index in [4.69, 9.17) is 15.2 Å². The third-order valence-electron chi connectivity index (χ3n) is 2.94. The zero-order valence-corrected chi connectivity index (χ0v) is 11.0. The average Bonchev–Trinajstić information content (AvgIpc) is 2.35. The predicted octanol–water partition coefficient (Wildman–Crippen LogP) is 2.76. The van der Waals surface area contributed by atoms with E-state index in [1.165, 1.54) is 0 Å². The van der Waals surface area contributed by atoms with Crippen LogP contribution in [0.25, 0.3) is 0 Å². The molecule has 3 nitrogen and oxygen atoms in total. The standard InChI is InChI=1S/C14H23NO2/c1-4-17-13-7-5-6-12(10-13)14(15)11(2)8-9-16-3/h5-7,10-11,14H,4,8-9,15H2,1-3H3. The summed E-state index contributed by atoms with van der Waals surface area (Å²) < 4.78 is 10.6. The molecule has 0 aliphatic heterocycles. The first-order chi connectivity index (χ1) is 8.19. The molecule has 1 rings (SSSR count). The van der Waals surface area contributed by atoms with Crippen LogP contribution in [0.15, 0.2) is 24.3 Å². The Kier molecular flexibility index (Phi) is 6.01. The Morgan fingerprint density at radius 1 is 1.35 bits per heavy atom. The van der Waals surface area contributed by atoms with Gasteiger partial charge in [0.15, 0.2) is 0 Å². The molecule has 2 N–H and O–H groups in total. The lowest BCUT2D eigenvalue weighted by Gasteiger charge is -2.20. The second kappa shape index (κ2) is 7.30. The Bertz CT molecular complexity index is 328. The zero-order valence-electron chi connectivity index (χ0n) is 11.0. The van der Waals surface area contributed by atoms with Crippen molar-refractivity contribution in [1.82, 2.24) is 0 Å². The van der Waals surface area contributed by atoms with Crippen molar-refractivity contribution >= 4 is 0 Å². The van der Waals surface area contributed by atoms with E-state index in [2.05, 4.69) is 13.0 Å². The molecule has 0 fully saturated rings. The molecule has 0 bridgehead atoms. The van der Waals surface area contributed by atoms with Gasteiger partial charge in [0, 0.05) is 19.8 Å². The summed E-state index contributed by atoms with van der Waals surface area (Å²) in [7, 11) is 1.72. The summed E-state index contributed by atoms with van der Waals surface area (Å²) in [6.45, 7) is 5.56. The normalized spacial score (nSPS) is 14.4. The Hall–Kier alpha value is -1.06. The molecule has 0 radical (unpaired) electrons. The van der Waals surface area contributed by atoms with Crippen LogP contribution in [0.4, 0.5) is 0 Å². The van der Waals surface area contributed by atoms with Crippen molar-refractivity contribution in [2.24, 2.45) is 11.7 Å². The molecule has 2 atom stereocenters. The summed E-state index contributed by atoms with van der Waals surface area (Å²) in [6.07, 6.45) is 0.969. The minimum Gasteiger partial charge on any atom is -0.494 e. The minimum absolute atomic E-state index is 0.0329. The molecular formula is C14H23NO2. The van der Waals surface area contributed by atoms with Crippen molar-refractivity contribution in [2.75, 3.05) is 20.3 Å². The molecule has 2 unspecified atom stereocenters. The molecule has 3 heteroatoms. The highest BCUT2D eigenvalue weighted by atomic mass is 16.5. The van der Waals surface area contributed by atoms with Crippen LogP contribution in [0, 0.1) is 5.92 Å². The number of benzene rings is 1. The van der Waals surface area contributed by atoms with E-state index in [9.17, 15) is 0 Å². The second-order valence-electron chi connectivity index (χ2n) is 4.29. The van der Waals surface area contributed by atoms with Crippen LogP contribution in [0.3, 0.4) is 0 Å². The molecule has 0 saturated carbocycles. The maximum absolute atomic E-state index is 6.23. The fourth-order valence-electron chi connectivity index (χ4n) is 1.79. The van der Waals surface area contributed by atoms with Crippen LogP contribution in [-0.4, -0.2) is 20.3 Å². The van der Waals surface area contributed by atoms with Crippen molar-refractivity contribution in [1.29, 1.82) is 0 Å². The molecule has 0 saturated heterocycles. The number of ether oxygens (including phenoxy) is 2. The zero-order chi connectivity index (χ0) is 12.7. The van der Waals surface area contributed by atoms with Gasteiger partial charge in [0.25, 0.3) is 0 Å². The number of rotatable bonds is 7. The van der Waals surface area contributed by atoms with Gasteiger partial charge in [0.05, 0.1) is 6.61 Å². The van der Waals surface area contributed by atoms with Gasteiger partial charge in [-0.3, -0.25) is 0 Å². The monoisotopic (exact) mass is 237 g/mol. The first-order valence-electron chi connectivity index (χ1n) is 6.16. The highest BCUT2D eigenvalue weighted by Crippen LogP contribution is 2.25. The van der Waals surface area contributed by atoms with E-state index in [0.717, 1.165) is 24.3 Å². The molecule has 1 aromatic rings. The van der Waals surface area contributed by atoms with E-state index in [1.54, 1.807) is 7.11 Å². The lowest BCUT2D eigenvalue weighted by molar-refractivity contribution is 0.174. The minimum atomic E-state index is 0.0329. The maximum Gasteiger partial charge on any atom is 0.119 e. The van der Waals surface area contributed by atoms with Crippen molar-refractivity contribution in [3.63, 3.8) is 0 Å². The summed E-state index contributed by atoms with van der Waals surface area (Å²) in [6, 6.07) is 8.06. The van der Waals surface area contributed by atoms with Crippen LogP contribution >= 0.6 is 0 Å². The maximum atomic E-state index is 6.23. The first-order valence-corrected chi connectivity index (χ1v) is 6.16. The predicted molar refractivity (Wildman–Crippen MR) is 70.2 cm³/mol. The Morgan fingerprint density at radius 2 is 2.12 bits per heavy atom. The van der Waals surface area contributed by atoms with E-state index < -0.39 is 0 Å². The van der Waals surface area contributed by atoms with E-state index >= 15 is 0 Å². The van der Waals surface area contributed by atoms with Gasteiger partial charge in [-0.15, -0.1) is 0 Å². The van der Waals surface area contributed by atoms with Gasteiger partial charge in [-0.25, -0.2) is 0 Å². The van der Waals surface area contributed by atoms with Gasteiger partial charge >= 0.3 is 0 Å². The SMILES string of the molecule is CCOc1cccc(C(N)C(C)CCOC)c1. The van der Waals surface area contributed by atoms with Crippen LogP contribution < -0.4 is 10.5 Å². The van der Waals surface area contributed by atoms with Crippen LogP contribution in [0.5, 0.6) is 5.75 Å². The lowest BCUT2D eigenvalue weighted by Crippen LogP contribution is -2.20. The van der Waals surface area contributed by atoms with Gasteiger partial charge in [-0.2, -0.15) is 0 Å². The van der Waals surface area contributed by atoms with Crippen molar-refractivity contribution in [2.45, 2.75) is 26.3 Å². The van der Waals surface area contributed by atoms with Gasteiger partial charge < -0.3 is 15.2 Å². The van der Waals surface area contributed by atoms with Gasteiger partial charge in [-0.1, -0.05) is 19.1 Å². The van der Waals surface area contributed by atoms with Gasteiger partial charge in [0.2, 0.25) is 0 Å². The molecule has 0 heterocycles. The molecule has 0 amide bonds. The molecule has 1 aromatic carbocycles. The van der Waals surface area contributed by atoms with Crippen LogP contribution in [0.2, 0.25) is 0 Å². The van der Waals surface area contributed by atoms with Crippen LogP contribution in [-0.2, 0) is 4.74 Å². The topological polar surface area (TPSA) is 44.5 Å². The van der Waals surface area contributed by atoms with Crippen molar-refractivity contribution in [3.8, 4) is 5.75 Å². The van der Waals surface area contributed by atoms with Crippen molar-refractivity contribution in [3.05, 3.63) is 29.8 Å². The molecule has 0 aromatic heterocycles. The Balaban J connectivity index is 2.66. The van der Waals surface area contributed by atoms with E-state index in [0.29, 0.717) is 12.5 Å². The summed E-state index contributed by atoms with van der Waals surface area (Å²) in [5.41, 5.74) is 7.36. The smallest absolute Gasteiger partial charge is 0.119 e. The molecular weight excluding hydrogens is 214 g/mol. The molecule has 0 aliphatic rings. The fraction of sp³-hybridized carbons (Fsp3) is 0.571. The fourth-order valence-corrected chi connectivity index (χ4v) is 1.79. The molecule has 96 valence electrons. The summed E-state index contributed by atoms with van der Waals surface area (Å²) in [5, 5.41) is 0. The quantitative estimate of drug-likeness (QED) is 0.793. The largest absolute Gasteiger partial charge is 0.494 e. The molecule has 0 aliphatic carbocycles. The summed E-state index contributed by atoms with van der Waals surface area (Å²) >= 11 is 0. The third-order valence-corrected chi connectivity index (χ3v) is 2.94. The second-order valence-corrected chi connectivity index (χ2v) is 4.29.